The topological polar surface area (TPSA) is 23.5 Å². The highest BCUT2D eigenvalue weighted by molar-refractivity contribution is 5.43. The number of likely N-dealkylation sites (tertiary alicyclic amines) is 1. The second-order valence-electron chi connectivity index (χ2n) is 8.31. The summed E-state index contributed by atoms with van der Waals surface area (Å²) in [5.74, 6) is 1.12. The van der Waals surface area contributed by atoms with Crippen LogP contribution in [-0.2, 0) is 11.8 Å². The van der Waals surface area contributed by atoms with Gasteiger partial charge in [-0.15, -0.1) is 0 Å². The van der Waals surface area contributed by atoms with E-state index >= 15 is 0 Å². The van der Waals surface area contributed by atoms with Crippen LogP contribution in [0.25, 0.3) is 0 Å². The van der Waals surface area contributed by atoms with Gasteiger partial charge >= 0.3 is 0 Å². The largest absolute Gasteiger partial charge is 0.508 e. The zero-order valence-corrected chi connectivity index (χ0v) is 14.5. The van der Waals surface area contributed by atoms with Crippen LogP contribution >= 0.6 is 0 Å². The Morgan fingerprint density at radius 1 is 1.26 bits per heavy atom. The summed E-state index contributed by atoms with van der Waals surface area (Å²) in [6.45, 7) is 7.22. The van der Waals surface area contributed by atoms with E-state index in [1.807, 2.05) is 12.1 Å². The van der Waals surface area contributed by atoms with Crippen LogP contribution in [0, 0.1) is 5.92 Å². The van der Waals surface area contributed by atoms with Crippen LogP contribution < -0.4 is 0 Å². The van der Waals surface area contributed by atoms with Gasteiger partial charge in [0.05, 0.1) is 0 Å². The van der Waals surface area contributed by atoms with Gasteiger partial charge in [-0.1, -0.05) is 31.6 Å². The molecule has 1 aliphatic heterocycles. The fourth-order valence-corrected chi connectivity index (χ4v) is 5.35. The molecule has 0 spiro atoms. The number of piperidine rings is 1. The Kier molecular flexibility index (Phi) is 3.76. The van der Waals surface area contributed by atoms with Gasteiger partial charge in [0, 0.05) is 12.6 Å². The number of fused-ring (bicyclic) bond motifs is 2. The molecule has 1 fully saturated rings. The van der Waals surface area contributed by atoms with Gasteiger partial charge in [0.25, 0.3) is 0 Å². The lowest BCUT2D eigenvalue weighted by atomic mass is 9.60. The zero-order chi connectivity index (χ0) is 16.0. The van der Waals surface area contributed by atoms with Gasteiger partial charge in [-0.3, -0.25) is 4.90 Å². The average molecular weight is 311 g/mol. The lowest BCUT2D eigenvalue weighted by Crippen LogP contribution is -2.55. The van der Waals surface area contributed by atoms with Crippen LogP contribution in [0.5, 0.6) is 5.75 Å². The lowest BCUT2D eigenvalue weighted by molar-refractivity contribution is 0.0505. The summed E-state index contributed by atoms with van der Waals surface area (Å²) in [6.07, 6.45) is 10.2. The summed E-state index contributed by atoms with van der Waals surface area (Å²) in [5.41, 5.74) is 4.64. The third kappa shape index (κ3) is 2.61. The van der Waals surface area contributed by atoms with Crippen molar-refractivity contribution in [1.82, 2.24) is 4.90 Å². The van der Waals surface area contributed by atoms with E-state index in [-0.39, 0.29) is 5.41 Å². The maximum Gasteiger partial charge on any atom is 0.115 e. The molecule has 4 rings (SSSR count). The van der Waals surface area contributed by atoms with Gasteiger partial charge < -0.3 is 5.11 Å². The third-order valence-corrected chi connectivity index (χ3v) is 6.58. The Hall–Kier alpha value is -1.28. The third-order valence-electron chi connectivity index (χ3n) is 6.58. The van der Waals surface area contributed by atoms with Crippen molar-refractivity contribution in [2.75, 3.05) is 13.1 Å². The molecule has 1 aromatic rings. The summed E-state index contributed by atoms with van der Waals surface area (Å²) in [7, 11) is 0. The molecule has 0 unspecified atom stereocenters. The Morgan fingerprint density at radius 3 is 2.91 bits per heavy atom. The minimum Gasteiger partial charge on any atom is -0.508 e. The van der Waals surface area contributed by atoms with Crippen molar-refractivity contribution in [3.05, 3.63) is 41.0 Å². The summed E-state index contributed by atoms with van der Waals surface area (Å²) in [4.78, 5) is 2.77. The smallest absolute Gasteiger partial charge is 0.115 e. The van der Waals surface area contributed by atoms with Crippen LogP contribution in [0.3, 0.4) is 0 Å². The van der Waals surface area contributed by atoms with Gasteiger partial charge in [-0.25, -0.2) is 0 Å². The van der Waals surface area contributed by atoms with E-state index in [0.717, 1.165) is 6.42 Å². The zero-order valence-electron chi connectivity index (χ0n) is 14.5. The first-order valence-corrected chi connectivity index (χ1v) is 9.30. The molecule has 1 heterocycles. The van der Waals surface area contributed by atoms with E-state index in [2.05, 4.69) is 30.9 Å². The Labute approximate surface area is 140 Å². The lowest BCUT2D eigenvalue weighted by Gasteiger charge is -2.52. The van der Waals surface area contributed by atoms with Crippen molar-refractivity contribution in [1.29, 1.82) is 0 Å². The molecule has 1 N–H and O–H groups in total. The van der Waals surface area contributed by atoms with Crippen LogP contribution in [0.15, 0.2) is 29.8 Å². The Morgan fingerprint density at radius 2 is 2.13 bits per heavy atom. The highest BCUT2D eigenvalue weighted by Crippen LogP contribution is 2.47. The van der Waals surface area contributed by atoms with Crippen molar-refractivity contribution >= 4 is 0 Å². The van der Waals surface area contributed by atoms with E-state index in [9.17, 15) is 5.11 Å². The number of allylic oxidation sites excluding steroid dienone is 1. The first-order valence-electron chi connectivity index (χ1n) is 9.30. The van der Waals surface area contributed by atoms with Crippen LogP contribution in [0.2, 0.25) is 0 Å². The molecule has 0 radical (unpaired) electrons. The molecule has 2 heteroatoms. The van der Waals surface area contributed by atoms with Crippen LogP contribution in [-0.4, -0.2) is 29.1 Å². The van der Waals surface area contributed by atoms with Gasteiger partial charge in [0.2, 0.25) is 0 Å². The summed E-state index contributed by atoms with van der Waals surface area (Å²) >= 11 is 0. The van der Waals surface area contributed by atoms with Crippen LogP contribution in [0.1, 0.15) is 57.1 Å². The average Bonchev–Trinajstić information content (AvgIpc) is 3.02. The summed E-state index contributed by atoms with van der Waals surface area (Å²) in [5, 5.41) is 9.94. The number of nitrogens with zero attached hydrogens (tertiary/aromatic N) is 1. The SMILES string of the molecule is CC1(C)c2cc(O)ccc2C[C@@H]2[C@H]1CCCN2CC1=CCCC1. The van der Waals surface area contributed by atoms with Crippen molar-refractivity contribution in [3.63, 3.8) is 0 Å². The minimum atomic E-state index is 0.152. The molecule has 0 amide bonds. The molecular formula is C21H29NO. The number of hydrogen-bond donors (Lipinski definition) is 1. The van der Waals surface area contributed by atoms with Crippen LogP contribution in [0.4, 0.5) is 0 Å². The van der Waals surface area contributed by atoms with Gasteiger partial charge in [0.1, 0.15) is 5.75 Å². The molecule has 2 aliphatic carbocycles. The molecule has 2 nitrogen and oxygen atoms in total. The number of hydrogen-bond acceptors (Lipinski definition) is 2. The predicted molar refractivity (Wildman–Crippen MR) is 94.9 cm³/mol. The molecule has 0 bridgehead atoms. The van der Waals surface area contributed by atoms with E-state index < -0.39 is 0 Å². The molecule has 124 valence electrons. The Balaban J connectivity index is 1.66. The highest BCUT2D eigenvalue weighted by atomic mass is 16.3. The molecular weight excluding hydrogens is 282 g/mol. The number of phenols is 1. The molecule has 3 aliphatic rings. The van der Waals surface area contributed by atoms with Crippen molar-refractivity contribution in [2.45, 2.75) is 63.8 Å². The monoisotopic (exact) mass is 311 g/mol. The van der Waals surface area contributed by atoms with E-state index in [1.165, 1.54) is 56.3 Å². The van der Waals surface area contributed by atoms with Crippen molar-refractivity contribution < 1.29 is 5.11 Å². The number of rotatable bonds is 2. The summed E-state index contributed by atoms with van der Waals surface area (Å²) < 4.78 is 0. The van der Waals surface area contributed by atoms with E-state index in [4.69, 9.17) is 0 Å². The predicted octanol–water partition coefficient (Wildman–Crippen LogP) is 4.42. The molecule has 0 aromatic heterocycles. The van der Waals surface area contributed by atoms with Gasteiger partial charge in [-0.05, 0) is 79.7 Å². The van der Waals surface area contributed by atoms with E-state index in [1.54, 1.807) is 5.57 Å². The standard InChI is InChI=1S/C21H29NO/c1-21(2)18-8-5-11-22(14-15-6-3-4-7-15)20(18)12-16-9-10-17(23)13-19(16)21/h6,9-10,13,18,20,23H,3-5,7-8,11-12,14H2,1-2H3/t18-,20-/m1/s1. The normalized spacial score (nSPS) is 29.7. The summed E-state index contributed by atoms with van der Waals surface area (Å²) in [6, 6.07) is 6.70. The second-order valence-corrected chi connectivity index (χ2v) is 8.31. The van der Waals surface area contributed by atoms with Gasteiger partial charge in [0.15, 0.2) is 0 Å². The van der Waals surface area contributed by atoms with Gasteiger partial charge in [-0.2, -0.15) is 0 Å². The Bertz CT molecular complexity index is 631. The fraction of sp³-hybridized carbons (Fsp3) is 0.619. The van der Waals surface area contributed by atoms with Crippen molar-refractivity contribution in [2.24, 2.45) is 5.92 Å². The second kappa shape index (κ2) is 5.66. The fourth-order valence-electron chi connectivity index (χ4n) is 5.35. The highest BCUT2D eigenvalue weighted by Gasteiger charge is 2.46. The number of benzene rings is 1. The number of aromatic hydroxyl groups is 1. The minimum absolute atomic E-state index is 0.152. The molecule has 23 heavy (non-hydrogen) atoms. The molecule has 1 aromatic carbocycles. The maximum absolute atomic E-state index is 9.94. The van der Waals surface area contributed by atoms with Crippen molar-refractivity contribution in [3.8, 4) is 5.75 Å². The first-order chi connectivity index (χ1) is 11.1. The number of phenolic OH excluding ortho intramolecular Hbond substituents is 1. The molecule has 1 saturated heterocycles. The molecule has 2 atom stereocenters. The maximum atomic E-state index is 9.94. The van der Waals surface area contributed by atoms with E-state index in [0.29, 0.717) is 17.7 Å². The first kappa shape index (κ1) is 15.3. The quantitative estimate of drug-likeness (QED) is 0.817. The molecule has 0 saturated carbocycles.